The molecule has 0 saturated carbocycles. The van der Waals surface area contributed by atoms with E-state index in [1.807, 2.05) is 6.07 Å². The third kappa shape index (κ3) is 15.4. The van der Waals surface area contributed by atoms with Crippen LogP contribution in [0.1, 0.15) is 104 Å². The first-order valence-electron chi connectivity index (χ1n) is 9.29. The molecule has 0 rings (SSSR count). The third-order valence-electron chi connectivity index (χ3n) is 3.97. The van der Waals surface area contributed by atoms with Gasteiger partial charge in [-0.1, -0.05) is 84.0 Å². The first kappa shape index (κ1) is 21.0. The van der Waals surface area contributed by atoms with Gasteiger partial charge in [0, 0.05) is 6.42 Å². The van der Waals surface area contributed by atoms with Crippen LogP contribution in [0, 0.1) is 11.3 Å². The maximum atomic E-state index is 11.3. The van der Waals surface area contributed by atoms with Gasteiger partial charge in [-0.15, -0.1) is 0 Å². The summed E-state index contributed by atoms with van der Waals surface area (Å²) in [5.41, 5.74) is 0. The molecule has 0 spiro atoms. The second-order valence-electron chi connectivity index (χ2n) is 6.25. The van der Waals surface area contributed by atoms with Crippen LogP contribution in [0.15, 0.2) is 0 Å². The van der Waals surface area contributed by atoms with Crippen molar-refractivity contribution in [2.45, 2.75) is 110 Å². The van der Waals surface area contributed by atoms with Crippen molar-refractivity contribution in [2.24, 2.45) is 0 Å². The van der Waals surface area contributed by atoms with Gasteiger partial charge >= 0.3 is 5.97 Å². The van der Waals surface area contributed by atoms with Gasteiger partial charge in [-0.2, -0.15) is 5.26 Å². The standard InChI is InChI=1S/C19H35NO2/c1-3-4-5-6-7-8-9-10-11-12-13-14-15-16-19(21)22-18(2)17-20/h18H,3-16H2,1-2H3. The fraction of sp³-hybridized carbons (Fsp3) is 0.895. The fourth-order valence-corrected chi connectivity index (χ4v) is 2.57. The number of nitriles is 1. The highest BCUT2D eigenvalue weighted by Gasteiger charge is 2.07. The van der Waals surface area contributed by atoms with Crippen LogP contribution in [0.3, 0.4) is 0 Å². The molecule has 0 aliphatic carbocycles. The zero-order valence-electron chi connectivity index (χ0n) is 14.7. The molecule has 0 heterocycles. The predicted octanol–water partition coefficient (Wildman–Crippen LogP) is 5.92. The van der Waals surface area contributed by atoms with Gasteiger partial charge < -0.3 is 4.74 Å². The average Bonchev–Trinajstić information content (AvgIpc) is 2.51. The minimum Gasteiger partial charge on any atom is -0.447 e. The van der Waals surface area contributed by atoms with Crippen LogP contribution >= 0.6 is 0 Å². The summed E-state index contributed by atoms with van der Waals surface area (Å²) in [7, 11) is 0. The maximum Gasteiger partial charge on any atom is 0.307 e. The van der Waals surface area contributed by atoms with E-state index >= 15 is 0 Å². The monoisotopic (exact) mass is 309 g/mol. The number of esters is 1. The molecule has 128 valence electrons. The van der Waals surface area contributed by atoms with E-state index in [1.54, 1.807) is 6.92 Å². The molecule has 0 bridgehead atoms. The van der Waals surface area contributed by atoms with Crippen molar-refractivity contribution in [3.8, 4) is 6.07 Å². The Balaban J connectivity index is 3.14. The van der Waals surface area contributed by atoms with Crippen molar-refractivity contribution in [2.75, 3.05) is 0 Å². The van der Waals surface area contributed by atoms with Crippen LogP contribution in [0.5, 0.6) is 0 Å². The highest BCUT2D eigenvalue weighted by molar-refractivity contribution is 5.69. The normalized spacial score (nSPS) is 11.9. The molecule has 0 fully saturated rings. The molecule has 1 unspecified atom stereocenters. The van der Waals surface area contributed by atoms with Gasteiger partial charge in [0.05, 0.1) is 0 Å². The molecule has 1 atom stereocenters. The van der Waals surface area contributed by atoms with Crippen LogP contribution in [0.4, 0.5) is 0 Å². The minimum atomic E-state index is -0.616. The van der Waals surface area contributed by atoms with E-state index in [1.165, 1.54) is 70.6 Å². The molecule has 0 saturated heterocycles. The smallest absolute Gasteiger partial charge is 0.307 e. The van der Waals surface area contributed by atoms with E-state index in [9.17, 15) is 4.79 Å². The quantitative estimate of drug-likeness (QED) is 0.278. The third-order valence-corrected chi connectivity index (χ3v) is 3.97. The summed E-state index contributed by atoms with van der Waals surface area (Å²) in [4.78, 5) is 11.3. The molecule has 0 aliphatic rings. The van der Waals surface area contributed by atoms with Crippen LogP contribution in [-0.4, -0.2) is 12.1 Å². The van der Waals surface area contributed by atoms with Crippen molar-refractivity contribution in [3.05, 3.63) is 0 Å². The van der Waals surface area contributed by atoms with Crippen molar-refractivity contribution >= 4 is 5.97 Å². The molecular weight excluding hydrogens is 274 g/mol. The number of carbonyl (C=O) groups is 1. The Morgan fingerprint density at radius 3 is 1.68 bits per heavy atom. The summed E-state index contributed by atoms with van der Waals surface area (Å²) in [6.07, 6.45) is 16.7. The Morgan fingerprint density at radius 1 is 0.864 bits per heavy atom. The maximum absolute atomic E-state index is 11.3. The summed E-state index contributed by atoms with van der Waals surface area (Å²) in [5, 5.41) is 8.54. The lowest BCUT2D eigenvalue weighted by Crippen LogP contribution is -2.12. The average molecular weight is 309 g/mol. The van der Waals surface area contributed by atoms with E-state index in [4.69, 9.17) is 10.00 Å². The molecule has 22 heavy (non-hydrogen) atoms. The summed E-state index contributed by atoms with van der Waals surface area (Å²) < 4.78 is 4.91. The number of rotatable bonds is 15. The molecular formula is C19H35NO2. The summed E-state index contributed by atoms with van der Waals surface area (Å²) in [6, 6.07) is 1.90. The van der Waals surface area contributed by atoms with Crippen molar-refractivity contribution < 1.29 is 9.53 Å². The molecule has 0 aromatic heterocycles. The van der Waals surface area contributed by atoms with E-state index < -0.39 is 6.10 Å². The zero-order valence-corrected chi connectivity index (χ0v) is 14.7. The van der Waals surface area contributed by atoms with E-state index in [0.717, 1.165) is 12.8 Å². The topological polar surface area (TPSA) is 50.1 Å². The van der Waals surface area contributed by atoms with E-state index in [2.05, 4.69) is 6.92 Å². The minimum absolute atomic E-state index is 0.239. The highest BCUT2D eigenvalue weighted by Crippen LogP contribution is 2.13. The number of carbonyl (C=O) groups excluding carboxylic acids is 1. The predicted molar refractivity (Wildman–Crippen MR) is 91.5 cm³/mol. The van der Waals surface area contributed by atoms with Gasteiger partial charge in [-0.3, -0.25) is 4.79 Å². The van der Waals surface area contributed by atoms with Gasteiger partial charge in [0.25, 0.3) is 0 Å². The number of nitrogens with zero attached hydrogens (tertiary/aromatic N) is 1. The fourth-order valence-electron chi connectivity index (χ4n) is 2.57. The van der Waals surface area contributed by atoms with Crippen molar-refractivity contribution in [1.29, 1.82) is 5.26 Å². The van der Waals surface area contributed by atoms with Gasteiger partial charge in [-0.25, -0.2) is 0 Å². The molecule has 0 aromatic carbocycles. The van der Waals surface area contributed by atoms with Gasteiger partial charge in [0.15, 0.2) is 6.10 Å². The second-order valence-corrected chi connectivity index (χ2v) is 6.25. The Hall–Kier alpha value is -1.04. The Labute approximate surface area is 137 Å². The second kappa shape index (κ2) is 16.3. The van der Waals surface area contributed by atoms with Crippen LogP contribution in [0.2, 0.25) is 0 Å². The summed E-state index contributed by atoms with van der Waals surface area (Å²) in [6.45, 7) is 3.86. The molecule has 0 aromatic rings. The number of hydrogen-bond acceptors (Lipinski definition) is 3. The lowest BCUT2D eigenvalue weighted by atomic mass is 10.0. The molecule has 0 aliphatic heterocycles. The number of ether oxygens (including phenoxy) is 1. The Bertz CT molecular complexity index is 296. The largest absolute Gasteiger partial charge is 0.447 e. The van der Waals surface area contributed by atoms with E-state index in [-0.39, 0.29) is 5.97 Å². The summed E-state index contributed by atoms with van der Waals surface area (Å²) in [5.74, 6) is -0.239. The van der Waals surface area contributed by atoms with Crippen molar-refractivity contribution in [3.63, 3.8) is 0 Å². The van der Waals surface area contributed by atoms with Crippen LogP contribution < -0.4 is 0 Å². The Morgan fingerprint density at radius 2 is 1.27 bits per heavy atom. The summed E-state index contributed by atoms with van der Waals surface area (Å²) >= 11 is 0. The van der Waals surface area contributed by atoms with Crippen molar-refractivity contribution in [1.82, 2.24) is 0 Å². The molecule has 0 radical (unpaired) electrons. The molecule has 3 heteroatoms. The lowest BCUT2D eigenvalue weighted by molar-refractivity contribution is -0.146. The van der Waals surface area contributed by atoms with Crippen LogP contribution in [0.25, 0.3) is 0 Å². The highest BCUT2D eigenvalue weighted by atomic mass is 16.5. The first-order valence-corrected chi connectivity index (χ1v) is 9.29. The number of hydrogen-bond donors (Lipinski definition) is 0. The molecule has 3 nitrogen and oxygen atoms in total. The Kier molecular flexibility index (Phi) is 15.6. The van der Waals surface area contributed by atoms with Gasteiger partial charge in [-0.05, 0) is 13.3 Å². The number of unbranched alkanes of at least 4 members (excludes halogenated alkanes) is 12. The molecule has 0 N–H and O–H groups in total. The SMILES string of the molecule is CCCCCCCCCCCCCCCC(=O)OC(C)C#N. The van der Waals surface area contributed by atoms with Crippen LogP contribution in [-0.2, 0) is 9.53 Å². The lowest BCUT2D eigenvalue weighted by Gasteiger charge is -2.05. The molecule has 0 amide bonds. The van der Waals surface area contributed by atoms with Gasteiger partial charge in [0.1, 0.15) is 6.07 Å². The zero-order chi connectivity index (χ0) is 16.5. The first-order chi connectivity index (χ1) is 10.7. The van der Waals surface area contributed by atoms with Gasteiger partial charge in [0.2, 0.25) is 0 Å². The van der Waals surface area contributed by atoms with E-state index in [0.29, 0.717) is 6.42 Å².